The number of carbonyl (C=O) groups is 2. The molecular weight excluding hydrogens is 312 g/mol. The number of ether oxygens (including phenoxy) is 1. The molecule has 1 atom stereocenters. The van der Waals surface area contributed by atoms with Crippen LogP contribution in [0.1, 0.15) is 31.7 Å². The van der Waals surface area contributed by atoms with E-state index in [1.165, 1.54) is 6.07 Å². The van der Waals surface area contributed by atoms with E-state index in [4.69, 9.17) is 14.4 Å². The van der Waals surface area contributed by atoms with Gasteiger partial charge in [0.05, 0.1) is 6.42 Å². The summed E-state index contributed by atoms with van der Waals surface area (Å²) in [6, 6.07) is 6.58. The van der Waals surface area contributed by atoms with Gasteiger partial charge in [0.25, 0.3) is 10.1 Å². The molecule has 0 amide bonds. The van der Waals surface area contributed by atoms with Gasteiger partial charge in [0.15, 0.2) is 5.25 Å². The Bertz CT molecular complexity index is 636. The molecule has 0 aliphatic carbocycles. The number of carbonyl (C=O) groups excluding carboxylic acids is 1. The van der Waals surface area contributed by atoms with Gasteiger partial charge in [-0.1, -0.05) is 31.5 Å². The van der Waals surface area contributed by atoms with Crippen LogP contribution in [0.15, 0.2) is 24.3 Å². The summed E-state index contributed by atoms with van der Waals surface area (Å²) in [6.07, 6.45) is 1.35. The summed E-state index contributed by atoms with van der Waals surface area (Å²) in [5.41, 5.74) is 0.710. The Morgan fingerprint density at radius 3 is 2.45 bits per heavy atom. The zero-order chi connectivity index (χ0) is 16.8. The zero-order valence-corrected chi connectivity index (χ0v) is 12.9. The first-order chi connectivity index (χ1) is 10.3. The molecular formula is C14H18O7S. The quantitative estimate of drug-likeness (QED) is 0.423. The largest absolute Gasteiger partial charge is 0.481 e. The molecule has 1 aromatic carbocycles. The van der Waals surface area contributed by atoms with Gasteiger partial charge in [-0.2, -0.15) is 8.42 Å². The second-order valence-corrected chi connectivity index (χ2v) is 6.33. The SMILES string of the molecule is CCCCc1ccccc1OC(=O)C(CC(=O)O)S(=O)(=O)O. The normalized spacial score (nSPS) is 12.6. The summed E-state index contributed by atoms with van der Waals surface area (Å²) >= 11 is 0. The molecule has 0 radical (unpaired) electrons. The molecule has 122 valence electrons. The fraction of sp³-hybridized carbons (Fsp3) is 0.429. The molecule has 1 rings (SSSR count). The van der Waals surface area contributed by atoms with Crippen molar-refractivity contribution in [3.63, 3.8) is 0 Å². The van der Waals surface area contributed by atoms with E-state index in [0.717, 1.165) is 12.8 Å². The van der Waals surface area contributed by atoms with Crippen molar-refractivity contribution in [2.45, 2.75) is 37.9 Å². The Kier molecular flexibility index (Phi) is 6.51. The van der Waals surface area contributed by atoms with Gasteiger partial charge in [-0.25, -0.2) is 0 Å². The zero-order valence-electron chi connectivity index (χ0n) is 12.1. The molecule has 0 aromatic heterocycles. The van der Waals surface area contributed by atoms with Crippen LogP contribution in [0.5, 0.6) is 5.75 Å². The Labute approximate surface area is 128 Å². The Balaban J connectivity index is 2.97. The number of rotatable bonds is 8. The highest BCUT2D eigenvalue weighted by atomic mass is 32.2. The summed E-state index contributed by atoms with van der Waals surface area (Å²) in [7, 11) is -4.86. The summed E-state index contributed by atoms with van der Waals surface area (Å²) in [5.74, 6) is -2.67. The number of hydrogen-bond acceptors (Lipinski definition) is 5. The minimum absolute atomic E-state index is 0.167. The number of benzene rings is 1. The first-order valence-corrected chi connectivity index (χ1v) is 8.23. The number of para-hydroxylation sites is 1. The maximum absolute atomic E-state index is 11.9. The highest BCUT2D eigenvalue weighted by molar-refractivity contribution is 7.87. The van der Waals surface area contributed by atoms with Crippen molar-refractivity contribution in [3.05, 3.63) is 29.8 Å². The van der Waals surface area contributed by atoms with Crippen molar-refractivity contribution >= 4 is 22.1 Å². The van der Waals surface area contributed by atoms with E-state index in [1.807, 2.05) is 6.92 Å². The fourth-order valence-corrected chi connectivity index (χ4v) is 2.46. The van der Waals surface area contributed by atoms with Crippen LogP contribution in [0.2, 0.25) is 0 Å². The second-order valence-electron chi connectivity index (χ2n) is 4.73. The van der Waals surface area contributed by atoms with Crippen molar-refractivity contribution in [2.75, 3.05) is 0 Å². The van der Waals surface area contributed by atoms with Crippen molar-refractivity contribution in [2.24, 2.45) is 0 Å². The molecule has 22 heavy (non-hydrogen) atoms. The van der Waals surface area contributed by atoms with Crippen LogP contribution < -0.4 is 4.74 Å². The molecule has 0 bridgehead atoms. The monoisotopic (exact) mass is 330 g/mol. The van der Waals surface area contributed by atoms with Crippen molar-refractivity contribution in [1.29, 1.82) is 0 Å². The summed E-state index contributed by atoms with van der Waals surface area (Å²) in [4.78, 5) is 22.5. The van der Waals surface area contributed by atoms with Crippen LogP contribution in [-0.2, 0) is 26.1 Å². The lowest BCUT2D eigenvalue weighted by molar-refractivity contribution is -0.142. The van der Waals surface area contributed by atoms with Gasteiger partial charge >= 0.3 is 11.9 Å². The minimum atomic E-state index is -4.86. The number of hydrogen-bond donors (Lipinski definition) is 2. The van der Waals surface area contributed by atoms with Gasteiger partial charge in [-0.05, 0) is 24.5 Å². The topological polar surface area (TPSA) is 118 Å². The maximum atomic E-state index is 11.9. The molecule has 0 saturated carbocycles. The van der Waals surface area contributed by atoms with Gasteiger partial charge in [0.2, 0.25) is 0 Å². The highest BCUT2D eigenvalue weighted by Crippen LogP contribution is 2.21. The molecule has 8 heteroatoms. The Hall–Kier alpha value is -1.93. The fourth-order valence-electron chi connectivity index (χ4n) is 1.82. The van der Waals surface area contributed by atoms with Gasteiger partial charge in [0, 0.05) is 0 Å². The number of carboxylic acids is 1. The van der Waals surface area contributed by atoms with E-state index in [0.29, 0.717) is 12.0 Å². The molecule has 2 N–H and O–H groups in total. The number of aryl methyl sites for hydroxylation is 1. The number of esters is 1. The average molecular weight is 330 g/mol. The number of unbranched alkanes of at least 4 members (excludes halogenated alkanes) is 1. The van der Waals surface area contributed by atoms with E-state index in [2.05, 4.69) is 0 Å². The van der Waals surface area contributed by atoms with E-state index in [-0.39, 0.29) is 5.75 Å². The van der Waals surface area contributed by atoms with Crippen molar-refractivity contribution in [3.8, 4) is 5.75 Å². The van der Waals surface area contributed by atoms with Crippen LogP contribution in [0.25, 0.3) is 0 Å². The molecule has 0 heterocycles. The first kappa shape index (κ1) is 18.1. The summed E-state index contributed by atoms with van der Waals surface area (Å²) in [5, 5.41) is 6.50. The van der Waals surface area contributed by atoms with Crippen LogP contribution in [0, 0.1) is 0 Å². The van der Waals surface area contributed by atoms with E-state index >= 15 is 0 Å². The lowest BCUT2D eigenvalue weighted by Crippen LogP contribution is -2.35. The van der Waals surface area contributed by atoms with Gasteiger partial charge < -0.3 is 9.84 Å². The predicted octanol–water partition coefficient (Wildman–Crippen LogP) is 1.67. The lowest BCUT2D eigenvalue weighted by atomic mass is 10.1. The lowest BCUT2D eigenvalue weighted by Gasteiger charge is -2.13. The third-order valence-electron chi connectivity index (χ3n) is 2.97. The Morgan fingerprint density at radius 2 is 1.91 bits per heavy atom. The van der Waals surface area contributed by atoms with Crippen LogP contribution >= 0.6 is 0 Å². The van der Waals surface area contributed by atoms with E-state index in [9.17, 15) is 18.0 Å². The molecule has 0 spiro atoms. The van der Waals surface area contributed by atoms with E-state index < -0.39 is 33.7 Å². The average Bonchev–Trinajstić information content (AvgIpc) is 2.42. The molecule has 7 nitrogen and oxygen atoms in total. The third kappa shape index (κ3) is 5.45. The summed E-state index contributed by atoms with van der Waals surface area (Å²) < 4.78 is 36.3. The number of carboxylic acid groups (broad SMARTS) is 1. The van der Waals surface area contributed by atoms with Gasteiger partial charge in [0.1, 0.15) is 5.75 Å². The highest BCUT2D eigenvalue weighted by Gasteiger charge is 2.35. The standard InChI is InChI=1S/C14H18O7S/c1-2-3-6-10-7-4-5-8-11(10)21-14(17)12(9-13(15)16)22(18,19)20/h4-5,7-8,12H,2-3,6,9H2,1H3,(H,15,16)(H,18,19,20). The predicted molar refractivity (Wildman–Crippen MR) is 78.3 cm³/mol. The molecule has 1 aromatic rings. The van der Waals surface area contributed by atoms with E-state index in [1.54, 1.807) is 18.2 Å². The molecule has 1 unspecified atom stereocenters. The molecule has 0 saturated heterocycles. The molecule has 0 aliphatic heterocycles. The third-order valence-corrected chi connectivity index (χ3v) is 4.04. The van der Waals surface area contributed by atoms with Crippen molar-refractivity contribution < 1.29 is 32.4 Å². The van der Waals surface area contributed by atoms with Gasteiger partial charge in [-0.15, -0.1) is 0 Å². The van der Waals surface area contributed by atoms with Crippen LogP contribution in [0.3, 0.4) is 0 Å². The van der Waals surface area contributed by atoms with Gasteiger partial charge in [-0.3, -0.25) is 14.1 Å². The number of aliphatic carboxylic acids is 1. The molecule has 0 aliphatic rings. The first-order valence-electron chi connectivity index (χ1n) is 6.73. The summed E-state index contributed by atoms with van der Waals surface area (Å²) in [6.45, 7) is 2.00. The van der Waals surface area contributed by atoms with Crippen LogP contribution in [0.4, 0.5) is 0 Å². The minimum Gasteiger partial charge on any atom is -0.481 e. The smallest absolute Gasteiger partial charge is 0.332 e. The van der Waals surface area contributed by atoms with Crippen LogP contribution in [-0.4, -0.2) is 35.3 Å². The maximum Gasteiger partial charge on any atom is 0.332 e. The molecule has 0 fully saturated rings. The van der Waals surface area contributed by atoms with Crippen molar-refractivity contribution in [1.82, 2.24) is 0 Å². The Morgan fingerprint density at radius 1 is 1.27 bits per heavy atom. The second kappa shape index (κ2) is 7.90.